The molecule has 1 saturated carbocycles. The Morgan fingerprint density at radius 1 is 0.938 bits per heavy atom. The van der Waals surface area contributed by atoms with Crippen molar-refractivity contribution in [3.63, 3.8) is 0 Å². The van der Waals surface area contributed by atoms with E-state index in [4.69, 9.17) is 0 Å². The summed E-state index contributed by atoms with van der Waals surface area (Å²) in [5.74, 6) is 0. The molecule has 0 unspecified atom stereocenters. The van der Waals surface area contributed by atoms with Gasteiger partial charge in [-0.3, -0.25) is 0 Å². The lowest BCUT2D eigenvalue weighted by atomic mass is 9.76. The predicted octanol–water partition coefficient (Wildman–Crippen LogP) is 4.80. The smallest absolute Gasteiger partial charge is 0.0207 e. The molecule has 16 heavy (non-hydrogen) atoms. The maximum atomic E-state index is 3.43. The van der Waals surface area contributed by atoms with Gasteiger partial charge in [0.1, 0.15) is 0 Å². The van der Waals surface area contributed by atoms with Gasteiger partial charge in [0.05, 0.1) is 0 Å². The quantitative estimate of drug-likeness (QED) is 0.698. The van der Waals surface area contributed by atoms with Crippen LogP contribution in [0.15, 0.2) is 18.3 Å². The van der Waals surface area contributed by atoms with E-state index in [0.29, 0.717) is 5.41 Å². The van der Waals surface area contributed by atoms with Gasteiger partial charge in [-0.25, -0.2) is 0 Å². The first kappa shape index (κ1) is 11.8. The van der Waals surface area contributed by atoms with Crippen LogP contribution in [0, 0.1) is 0 Å². The van der Waals surface area contributed by atoms with Crippen molar-refractivity contribution in [1.29, 1.82) is 0 Å². The standard InChI is InChI=1S/C15H25N/c1-15(14-10-9-13-16-14)11-7-5-3-2-4-6-8-12-15/h9-10,13,16H,2-8,11-12H2,1H3. The van der Waals surface area contributed by atoms with Crippen LogP contribution >= 0.6 is 0 Å². The summed E-state index contributed by atoms with van der Waals surface area (Å²) in [6, 6.07) is 4.41. The normalized spacial score (nSPS) is 22.8. The van der Waals surface area contributed by atoms with E-state index in [1.54, 1.807) is 0 Å². The van der Waals surface area contributed by atoms with Gasteiger partial charge in [-0.1, -0.05) is 51.9 Å². The SMILES string of the molecule is CC1(c2ccc[nH]2)CCCCCCCCC1. The van der Waals surface area contributed by atoms with Crippen LogP contribution in [0.2, 0.25) is 0 Å². The zero-order valence-corrected chi connectivity index (χ0v) is 10.6. The molecule has 1 nitrogen and oxygen atoms in total. The van der Waals surface area contributed by atoms with E-state index in [1.165, 1.54) is 63.5 Å². The van der Waals surface area contributed by atoms with Gasteiger partial charge in [-0.15, -0.1) is 0 Å². The maximum Gasteiger partial charge on any atom is 0.0207 e. The van der Waals surface area contributed by atoms with E-state index in [9.17, 15) is 0 Å². The number of aromatic nitrogens is 1. The third-order valence-electron chi connectivity index (χ3n) is 4.21. The van der Waals surface area contributed by atoms with E-state index < -0.39 is 0 Å². The lowest BCUT2D eigenvalue weighted by molar-refractivity contribution is 0.345. The summed E-state index contributed by atoms with van der Waals surface area (Å²) < 4.78 is 0. The second kappa shape index (κ2) is 5.56. The monoisotopic (exact) mass is 219 g/mol. The van der Waals surface area contributed by atoms with Crippen LogP contribution in [0.4, 0.5) is 0 Å². The number of rotatable bonds is 1. The fourth-order valence-electron chi connectivity index (χ4n) is 3.01. The molecule has 1 aromatic rings. The van der Waals surface area contributed by atoms with Crippen molar-refractivity contribution in [2.45, 2.75) is 70.1 Å². The first-order chi connectivity index (χ1) is 7.81. The summed E-state index contributed by atoms with van der Waals surface area (Å²) >= 11 is 0. The van der Waals surface area contributed by atoms with Crippen LogP contribution in [0.25, 0.3) is 0 Å². The largest absolute Gasteiger partial charge is 0.365 e. The number of hydrogen-bond acceptors (Lipinski definition) is 0. The summed E-state index contributed by atoms with van der Waals surface area (Å²) in [6.07, 6.45) is 14.8. The Balaban J connectivity index is 2.03. The maximum absolute atomic E-state index is 3.43. The predicted molar refractivity (Wildman–Crippen MR) is 69.7 cm³/mol. The van der Waals surface area contributed by atoms with E-state index >= 15 is 0 Å². The molecule has 2 rings (SSSR count). The fourth-order valence-corrected chi connectivity index (χ4v) is 3.01. The van der Waals surface area contributed by atoms with Crippen LogP contribution in [0.3, 0.4) is 0 Å². The van der Waals surface area contributed by atoms with Crippen molar-refractivity contribution >= 4 is 0 Å². The molecule has 1 heterocycles. The van der Waals surface area contributed by atoms with E-state index in [0.717, 1.165) is 0 Å². The summed E-state index contributed by atoms with van der Waals surface area (Å²) in [6.45, 7) is 2.44. The van der Waals surface area contributed by atoms with Crippen molar-refractivity contribution in [3.8, 4) is 0 Å². The highest BCUT2D eigenvalue weighted by molar-refractivity contribution is 5.16. The lowest BCUT2D eigenvalue weighted by Gasteiger charge is -2.30. The summed E-state index contributed by atoms with van der Waals surface area (Å²) in [5, 5.41) is 0. The molecular formula is C15H25N. The van der Waals surface area contributed by atoms with Crippen molar-refractivity contribution < 1.29 is 0 Å². The van der Waals surface area contributed by atoms with Gasteiger partial charge in [-0.05, 0) is 25.0 Å². The van der Waals surface area contributed by atoms with Gasteiger partial charge in [-0.2, -0.15) is 0 Å². The molecule has 1 N–H and O–H groups in total. The zero-order chi connectivity index (χ0) is 11.3. The molecule has 1 aliphatic rings. The Kier molecular flexibility index (Phi) is 4.09. The molecule has 0 radical (unpaired) electrons. The molecule has 1 fully saturated rings. The van der Waals surface area contributed by atoms with Crippen molar-refractivity contribution in [2.24, 2.45) is 0 Å². The highest BCUT2D eigenvalue weighted by Crippen LogP contribution is 2.35. The molecule has 0 spiro atoms. The Hall–Kier alpha value is -0.720. The van der Waals surface area contributed by atoms with Crippen molar-refractivity contribution in [2.75, 3.05) is 0 Å². The third kappa shape index (κ3) is 2.90. The molecule has 0 amide bonds. The van der Waals surface area contributed by atoms with Crippen LogP contribution in [0.1, 0.15) is 70.4 Å². The molecule has 90 valence electrons. The van der Waals surface area contributed by atoms with E-state index in [-0.39, 0.29) is 0 Å². The molecular weight excluding hydrogens is 194 g/mol. The van der Waals surface area contributed by atoms with Crippen LogP contribution < -0.4 is 0 Å². The van der Waals surface area contributed by atoms with Gasteiger partial charge < -0.3 is 4.98 Å². The highest BCUT2D eigenvalue weighted by atomic mass is 14.7. The molecule has 0 bridgehead atoms. The highest BCUT2D eigenvalue weighted by Gasteiger charge is 2.26. The van der Waals surface area contributed by atoms with Gasteiger partial charge in [0, 0.05) is 17.3 Å². The lowest BCUT2D eigenvalue weighted by Crippen LogP contribution is -2.22. The summed E-state index contributed by atoms with van der Waals surface area (Å²) in [4.78, 5) is 3.43. The van der Waals surface area contributed by atoms with Crippen molar-refractivity contribution in [1.82, 2.24) is 4.98 Å². The minimum atomic E-state index is 0.404. The van der Waals surface area contributed by atoms with Gasteiger partial charge in [0.2, 0.25) is 0 Å². The van der Waals surface area contributed by atoms with Crippen LogP contribution in [0.5, 0.6) is 0 Å². The van der Waals surface area contributed by atoms with Crippen molar-refractivity contribution in [3.05, 3.63) is 24.0 Å². The number of H-pyrrole nitrogens is 1. The topological polar surface area (TPSA) is 15.8 Å². The second-order valence-electron chi connectivity index (χ2n) is 5.62. The fraction of sp³-hybridized carbons (Fsp3) is 0.733. The van der Waals surface area contributed by atoms with E-state index in [2.05, 4.69) is 30.2 Å². The minimum Gasteiger partial charge on any atom is -0.365 e. The Labute approximate surface area is 99.6 Å². The molecule has 0 aromatic carbocycles. The first-order valence-electron chi connectivity index (χ1n) is 6.95. The average molecular weight is 219 g/mol. The first-order valence-corrected chi connectivity index (χ1v) is 6.95. The van der Waals surface area contributed by atoms with E-state index in [1.807, 2.05) is 0 Å². The zero-order valence-electron chi connectivity index (χ0n) is 10.6. The Morgan fingerprint density at radius 3 is 2.00 bits per heavy atom. The Morgan fingerprint density at radius 2 is 1.50 bits per heavy atom. The molecule has 1 aromatic heterocycles. The molecule has 1 aliphatic carbocycles. The van der Waals surface area contributed by atoms with Crippen LogP contribution in [-0.2, 0) is 5.41 Å². The number of nitrogens with one attached hydrogen (secondary N) is 1. The molecule has 0 saturated heterocycles. The second-order valence-corrected chi connectivity index (χ2v) is 5.62. The van der Waals surface area contributed by atoms with Gasteiger partial charge in [0.25, 0.3) is 0 Å². The van der Waals surface area contributed by atoms with Gasteiger partial charge in [0.15, 0.2) is 0 Å². The summed E-state index contributed by atoms with van der Waals surface area (Å²) in [5.41, 5.74) is 1.86. The number of aromatic amines is 1. The minimum absolute atomic E-state index is 0.404. The van der Waals surface area contributed by atoms with Gasteiger partial charge >= 0.3 is 0 Å². The average Bonchev–Trinajstić information content (AvgIpc) is 2.81. The van der Waals surface area contributed by atoms with Crippen LogP contribution in [-0.4, -0.2) is 4.98 Å². The molecule has 1 heteroatoms. The summed E-state index contributed by atoms with van der Waals surface area (Å²) in [7, 11) is 0. The molecule has 0 aliphatic heterocycles. The Bertz CT molecular complexity index is 276. The third-order valence-corrected chi connectivity index (χ3v) is 4.21. The molecule has 0 atom stereocenters. The number of hydrogen-bond donors (Lipinski definition) is 1.